The molecule has 100 valence electrons. The molecule has 0 unspecified atom stereocenters. The minimum Gasteiger partial charge on any atom is -0.361 e. The molecule has 0 radical (unpaired) electrons. The Kier molecular flexibility index (Phi) is 5.31. The summed E-state index contributed by atoms with van der Waals surface area (Å²) in [6, 6.07) is 0. The first-order chi connectivity index (χ1) is 8.54. The molecule has 7 nitrogen and oxygen atoms in total. The highest BCUT2D eigenvalue weighted by molar-refractivity contribution is 6.41. The van der Waals surface area contributed by atoms with Gasteiger partial charge in [-0.1, -0.05) is 6.92 Å². The molecule has 1 aliphatic heterocycles. The summed E-state index contributed by atoms with van der Waals surface area (Å²) in [5.41, 5.74) is 2.81. The molecule has 0 spiro atoms. The molecule has 0 aromatic carbocycles. The van der Waals surface area contributed by atoms with Crippen molar-refractivity contribution in [3.63, 3.8) is 0 Å². The lowest BCUT2D eigenvalue weighted by molar-refractivity contribution is -0.118. The number of amidine groups is 1. The Balaban J connectivity index is 2.57. The summed E-state index contributed by atoms with van der Waals surface area (Å²) in [6.45, 7) is 4.40. The average molecular weight is 254 g/mol. The molecule has 2 N–H and O–H groups in total. The summed E-state index contributed by atoms with van der Waals surface area (Å²) in [7, 11) is 1.78. The molecule has 7 heteroatoms. The van der Waals surface area contributed by atoms with E-state index in [4.69, 9.17) is 4.74 Å². The van der Waals surface area contributed by atoms with Crippen LogP contribution in [0.3, 0.4) is 0 Å². The highest BCUT2D eigenvalue weighted by atomic mass is 16.5. The number of hydrogen-bond donors (Lipinski definition) is 2. The molecule has 0 saturated heterocycles. The van der Waals surface area contributed by atoms with E-state index in [-0.39, 0.29) is 17.3 Å². The van der Waals surface area contributed by atoms with Gasteiger partial charge in [0.2, 0.25) is 0 Å². The number of rotatable bonds is 6. The molecule has 1 aliphatic rings. The van der Waals surface area contributed by atoms with E-state index in [2.05, 4.69) is 15.8 Å². The molecule has 0 saturated carbocycles. The lowest BCUT2D eigenvalue weighted by atomic mass is 10.3. The zero-order valence-corrected chi connectivity index (χ0v) is 10.8. The van der Waals surface area contributed by atoms with Gasteiger partial charge in [-0.3, -0.25) is 15.0 Å². The van der Waals surface area contributed by atoms with Gasteiger partial charge in [-0.15, -0.1) is 0 Å². The molecule has 1 heterocycles. The van der Waals surface area contributed by atoms with Crippen molar-refractivity contribution in [1.82, 2.24) is 15.6 Å². The van der Waals surface area contributed by atoms with Crippen molar-refractivity contribution in [1.29, 1.82) is 0 Å². The van der Waals surface area contributed by atoms with Crippen LogP contribution in [0, 0.1) is 0 Å². The maximum Gasteiger partial charge on any atom is 0.276 e. The summed E-state index contributed by atoms with van der Waals surface area (Å²) in [5.74, 6) is -0.672. The van der Waals surface area contributed by atoms with Crippen LogP contribution in [0.4, 0.5) is 0 Å². The SMILES string of the molecule is CCCOCN(C)/C=C1\NN=C(C(C)=O)NC1=O. The Morgan fingerprint density at radius 2 is 2.28 bits per heavy atom. The number of carbonyl (C=O) groups excluding carboxylic acids is 2. The van der Waals surface area contributed by atoms with Crippen LogP contribution in [0.15, 0.2) is 17.0 Å². The molecular formula is C11H18N4O3. The quantitative estimate of drug-likeness (QED) is 0.388. The first kappa shape index (κ1) is 14.2. The van der Waals surface area contributed by atoms with E-state index in [0.717, 1.165) is 6.42 Å². The standard InChI is InChI=1S/C11H18N4O3/c1-4-5-18-7-15(3)6-9-11(17)12-10(8(2)16)14-13-9/h6,13H,4-5,7H2,1-3H3,(H,12,14,17)/b9-6-. The van der Waals surface area contributed by atoms with Crippen LogP contribution in [-0.2, 0) is 14.3 Å². The van der Waals surface area contributed by atoms with Crippen LogP contribution in [-0.4, -0.2) is 42.8 Å². The zero-order valence-electron chi connectivity index (χ0n) is 10.8. The van der Waals surface area contributed by atoms with Crippen molar-refractivity contribution in [2.75, 3.05) is 20.4 Å². The fraction of sp³-hybridized carbons (Fsp3) is 0.545. The van der Waals surface area contributed by atoms with Crippen LogP contribution in [0.25, 0.3) is 0 Å². The summed E-state index contributed by atoms with van der Waals surface area (Å²) in [6.07, 6.45) is 2.51. The number of hydrogen-bond acceptors (Lipinski definition) is 6. The highest BCUT2D eigenvalue weighted by Crippen LogP contribution is 1.99. The van der Waals surface area contributed by atoms with Crippen molar-refractivity contribution < 1.29 is 14.3 Å². The molecule has 1 amide bonds. The molecule has 0 aromatic rings. The van der Waals surface area contributed by atoms with Gasteiger partial charge in [-0.25, -0.2) is 0 Å². The first-order valence-corrected chi connectivity index (χ1v) is 5.70. The van der Waals surface area contributed by atoms with Crippen molar-refractivity contribution >= 4 is 17.5 Å². The van der Waals surface area contributed by atoms with Crippen LogP contribution in [0.1, 0.15) is 20.3 Å². The third-order valence-corrected chi connectivity index (χ3v) is 2.09. The Bertz CT molecular complexity index is 390. The van der Waals surface area contributed by atoms with E-state index in [9.17, 15) is 9.59 Å². The van der Waals surface area contributed by atoms with Gasteiger partial charge in [-0.05, 0) is 6.42 Å². The monoisotopic (exact) mass is 254 g/mol. The number of Topliss-reactive ketones (excluding diaryl/α,β-unsaturated/α-hetero) is 1. The third-order valence-electron chi connectivity index (χ3n) is 2.09. The molecule has 0 aliphatic carbocycles. The van der Waals surface area contributed by atoms with Crippen LogP contribution >= 0.6 is 0 Å². The summed E-state index contributed by atoms with van der Waals surface area (Å²) in [5, 5.41) is 6.16. The number of nitrogens with zero attached hydrogens (tertiary/aromatic N) is 2. The number of ether oxygens (including phenoxy) is 1. The molecular weight excluding hydrogens is 236 g/mol. The number of carbonyl (C=O) groups is 2. The minimum atomic E-state index is -0.391. The van der Waals surface area contributed by atoms with Gasteiger partial charge in [0.25, 0.3) is 5.91 Å². The van der Waals surface area contributed by atoms with Gasteiger partial charge >= 0.3 is 0 Å². The van der Waals surface area contributed by atoms with Crippen molar-refractivity contribution in [3.05, 3.63) is 11.9 Å². The average Bonchev–Trinajstić information content (AvgIpc) is 2.32. The topological polar surface area (TPSA) is 83.0 Å². The van der Waals surface area contributed by atoms with E-state index in [1.807, 2.05) is 6.92 Å². The third kappa shape index (κ3) is 4.17. The second-order valence-corrected chi connectivity index (χ2v) is 3.92. The van der Waals surface area contributed by atoms with E-state index < -0.39 is 5.91 Å². The first-order valence-electron chi connectivity index (χ1n) is 5.70. The molecule has 0 aromatic heterocycles. The Labute approximate surface area is 106 Å². The van der Waals surface area contributed by atoms with Crippen LogP contribution < -0.4 is 10.7 Å². The van der Waals surface area contributed by atoms with E-state index in [0.29, 0.717) is 13.3 Å². The predicted molar refractivity (Wildman–Crippen MR) is 66.4 cm³/mol. The lowest BCUT2D eigenvalue weighted by Gasteiger charge is -2.19. The molecule has 0 atom stereocenters. The number of ketones is 1. The smallest absolute Gasteiger partial charge is 0.276 e. The fourth-order valence-electron chi connectivity index (χ4n) is 1.23. The fourth-order valence-corrected chi connectivity index (χ4v) is 1.23. The number of amides is 1. The Morgan fingerprint density at radius 3 is 2.83 bits per heavy atom. The van der Waals surface area contributed by atoms with Crippen molar-refractivity contribution in [3.8, 4) is 0 Å². The molecule has 0 fully saturated rings. The number of nitrogens with one attached hydrogen (secondary N) is 2. The van der Waals surface area contributed by atoms with E-state index in [1.54, 1.807) is 18.1 Å². The van der Waals surface area contributed by atoms with Gasteiger partial charge in [0.1, 0.15) is 12.4 Å². The van der Waals surface area contributed by atoms with Gasteiger partial charge in [-0.2, -0.15) is 5.10 Å². The molecule has 1 rings (SSSR count). The van der Waals surface area contributed by atoms with E-state index in [1.165, 1.54) is 6.92 Å². The Hall–Kier alpha value is -1.89. The normalized spacial score (nSPS) is 16.9. The van der Waals surface area contributed by atoms with Gasteiger partial charge in [0.05, 0.1) is 0 Å². The van der Waals surface area contributed by atoms with Gasteiger partial charge in [0.15, 0.2) is 11.6 Å². The highest BCUT2D eigenvalue weighted by Gasteiger charge is 2.20. The maximum absolute atomic E-state index is 11.6. The predicted octanol–water partition coefficient (Wildman–Crippen LogP) is -0.234. The van der Waals surface area contributed by atoms with Crippen molar-refractivity contribution in [2.45, 2.75) is 20.3 Å². The second-order valence-electron chi connectivity index (χ2n) is 3.92. The molecule has 18 heavy (non-hydrogen) atoms. The largest absolute Gasteiger partial charge is 0.361 e. The summed E-state index contributed by atoms with van der Waals surface area (Å²) in [4.78, 5) is 24.4. The number of hydrazone groups is 1. The zero-order chi connectivity index (χ0) is 13.5. The molecule has 0 bridgehead atoms. The van der Waals surface area contributed by atoms with Crippen molar-refractivity contribution in [2.24, 2.45) is 5.10 Å². The van der Waals surface area contributed by atoms with Gasteiger partial charge < -0.3 is 15.0 Å². The Morgan fingerprint density at radius 1 is 1.56 bits per heavy atom. The maximum atomic E-state index is 11.6. The van der Waals surface area contributed by atoms with Crippen LogP contribution in [0.5, 0.6) is 0 Å². The van der Waals surface area contributed by atoms with E-state index >= 15 is 0 Å². The second kappa shape index (κ2) is 6.75. The summed E-state index contributed by atoms with van der Waals surface area (Å²) >= 11 is 0. The lowest BCUT2D eigenvalue weighted by Crippen LogP contribution is -2.44. The van der Waals surface area contributed by atoms with Crippen LogP contribution in [0.2, 0.25) is 0 Å². The summed E-state index contributed by atoms with van der Waals surface area (Å²) < 4.78 is 5.31. The minimum absolute atomic E-state index is 0.0158. The van der Waals surface area contributed by atoms with Gasteiger partial charge in [0, 0.05) is 26.8 Å².